The van der Waals surface area contributed by atoms with Crippen LogP contribution in [0.3, 0.4) is 0 Å². The van der Waals surface area contributed by atoms with Gasteiger partial charge in [0.05, 0.1) is 6.10 Å². The fourth-order valence-electron chi connectivity index (χ4n) is 4.16. The molecule has 4 heteroatoms. The fraction of sp³-hybridized carbons (Fsp3) is 0.333. The lowest BCUT2D eigenvalue weighted by molar-refractivity contribution is -0.0330. The van der Waals surface area contributed by atoms with E-state index in [9.17, 15) is 0 Å². The van der Waals surface area contributed by atoms with E-state index in [2.05, 4.69) is 29.2 Å². The van der Waals surface area contributed by atoms with Crippen LogP contribution in [0.4, 0.5) is 0 Å². The number of nitrogens with zero attached hydrogens (tertiary/aromatic N) is 1. The number of hydrogen-bond acceptors (Lipinski definition) is 4. The van der Waals surface area contributed by atoms with Crippen LogP contribution in [0, 0.1) is 0 Å². The standard InChI is InChI=1S/C27H29NO3/c1-3-8-22(9-4-1)27(23-10-5-2-6-11-23)31-24-12-7-16-28(19-24)17-15-21-13-14-25-26(18-21)30-20-29-25/h1-6,8-11,13-14,18,24,27H,7,12,15-17,19-20H2/t24-/m1/s1/i15D2,20D2. The molecule has 0 aromatic heterocycles. The molecule has 1 atom stereocenters. The van der Waals surface area contributed by atoms with E-state index in [1.165, 1.54) is 0 Å². The maximum Gasteiger partial charge on any atom is 0.231 e. The summed E-state index contributed by atoms with van der Waals surface area (Å²) in [6.45, 7) is -0.573. The molecule has 3 aromatic rings. The van der Waals surface area contributed by atoms with Crippen LogP contribution in [0.2, 0.25) is 0 Å². The van der Waals surface area contributed by atoms with Crippen LogP contribution in [0.25, 0.3) is 0 Å². The number of hydrogen-bond donors (Lipinski definition) is 0. The zero-order chi connectivity index (χ0) is 24.5. The quantitative estimate of drug-likeness (QED) is 0.525. The molecule has 31 heavy (non-hydrogen) atoms. The summed E-state index contributed by atoms with van der Waals surface area (Å²) in [6, 6.07) is 25.2. The summed E-state index contributed by atoms with van der Waals surface area (Å²) in [6.07, 6.45) is 0.0121. The van der Waals surface area contributed by atoms with Crippen molar-refractivity contribution in [3.05, 3.63) is 95.6 Å². The molecule has 1 saturated heterocycles. The normalized spacial score (nSPS) is 22.4. The molecule has 0 aliphatic carbocycles. The first-order valence-corrected chi connectivity index (χ1v) is 10.8. The van der Waals surface area contributed by atoms with Gasteiger partial charge in [0.25, 0.3) is 0 Å². The smallest absolute Gasteiger partial charge is 0.231 e. The van der Waals surface area contributed by atoms with Crippen molar-refractivity contribution in [2.75, 3.05) is 26.4 Å². The average molecular weight is 420 g/mol. The van der Waals surface area contributed by atoms with Crippen molar-refractivity contribution in [1.29, 1.82) is 0 Å². The summed E-state index contributed by atoms with van der Waals surface area (Å²) in [7, 11) is 0. The van der Waals surface area contributed by atoms with Gasteiger partial charge in [0.15, 0.2) is 11.5 Å². The Morgan fingerprint density at radius 3 is 2.42 bits per heavy atom. The lowest BCUT2D eigenvalue weighted by Gasteiger charge is -2.35. The minimum atomic E-state index is -2.22. The van der Waals surface area contributed by atoms with Crippen molar-refractivity contribution < 1.29 is 19.7 Å². The molecule has 160 valence electrons. The van der Waals surface area contributed by atoms with Crippen LogP contribution in [0.15, 0.2) is 78.9 Å². The summed E-state index contributed by atoms with van der Waals surface area (Å²) in [4.78, 5) is 2.12. The predicted molar refractivity (Wildman–Crippen MR) is 122 cm³/mol. The summed E-state index contributed by atoms with van der Waals surface area (Å²) >= 11 is 0. The molecule has 0 amide bonds. The maximum absolute atomic E-state index is 8.74. The van der Waals surface area contributed by atoms with Crippen LogP contribution in [0.1, 0.15) is 41.1 Å². The SMILES string of the molecule is [2H]C1([2H])Oc2ccc(C([2H])([2H])CN3CCC[C@@H](OC(c4ccccc4)c4ccccc4)C3)cc2O1. The molecule has 0 bridgehead atoms. The molecule has 0 spiro atoms. The van der Waals surface area contributed by atoms with Crippen LogP contribution in [-0.2, 0) is 11.1 Å². The Balaban J connectivity index is 1.28. The molecule has 0 saturated carbocycles. The second-order valence-electron chi connectivity index (χ2n) is 7.96. The average Bonchev–Trinajstić information content (AvgIpc) is 3.16. The molecule has 0 radical (unpaired) electrons. The summed E-state index contributed by atoms with van der Waals surface area (Å²) < 4.78 is 49.6. The zero-order valence-electron chi connectivity index (χ0n) is 21.4. The molecular weight excluding hydrogens is 386 g/mol. The first-order valence-electron chi connectivity index (χ1n) is 12.8. The number of benzene rings is 3. The molecule has 2 aliphatic heterocycles. The second kappa shape index (κ2) is 9.54. The third kappa shape index (κ3) is 4.92. The minimum Gasteiger partial charge on any atom is -0.454 e. The number of rotatable bonds is 7. The van der Waals surface area contributed by atoms with Gasteiger partial charge < -0.3 is 19.1 Å². The van der Waals surface area contributed by atoms with Crippen molar-refractivity contribution in [2.45, 2.75) is 31.4 Å². The fourth-order valence-corrected chi connectivity index (χ4v) is 4.16. The van der Waals surface area contributed by atoms with Gasteiger partial charge in [-0.05, 0) is 54.6 Å². The van der Waals surface area contributed by atoms with Gasteiger partial charge in [-0.3, -0.25) is 0 Å². The van der Waals surface area contributed by atoms with Crippen molar-refractivity contribution in [3.63, 3.8) is 0 Å². The minimum absolute atomic E-state index is 0.0195. The van der Waals surface area contributed by atoms with Gasteiger partial charge in [0.2, 0.25) is 6.75 Å². The number of likely N-dealkylation sites (tertiary alicyclic amines) is 1. The molecule has 2 aliphatic rings. The number of ether oxygens (including phenoxy) is 3. The van der Waals surface area contributed by atoms with Crippen molar-refractivity contribution in [1.82, 2.24) is 4.90 Å². The third-order valence-corrected chi connectivity index (χ3v) is 5.75. The highest BCUT2D eigenvalue weighted by Crippen LogP contribution is 2.33. The van der Waals surface area contributed by atoms with Gasteiger partial charge in [0, 0.05) is 15.8 Å². The van der Waals surface area contributed by atoms with Gasteiger partial charge in [-0.2, -0.15) is 0 Å². The van der Waals surface area contributed by atoms with E-state index >= 15 is 0 Å². The Morgan fingerprint density at radius 1 is 0.968 bits per heavy atom. The molecule has 0 N–H and O–H groups in total. The van der Waals surface area contributed by atoms with Gasteiger partial charge in [-0.1, -0.05) is 66.7 Å². The van der Waals surface area contributed by atoms with E-state index < -0.39 is 13.1 Å². The first-order chi connectivity index (χ1) is 16.8. The molecule has 4 nitrogen and oxygen atoms in total. The largest absolute Gasteiger partial charge is 0.454 e. The van der Waals surface area contributed by atoms with Crippen LogP contribution >= 0.6 is 0 Å². The molecule has 0 unspecified atom stereocenters. The molecule has 1 fully saturated rings. The Labute approximate surface area is 190 Å². The summed E-state index contributed by atoms with van der Waals surface area (Å²) in [5, 5.41) is 0. The van der Waals surface area contributed by atoms with Crippen LogP contribution in [-0.4, -0.2) is 37.4 Å². The number of piperidine rings is 1. The second-order valence-corrected chi connectivity index (χ2v) is 7.96. The summed E-state index contributed by atoms with van der Waals surface area (Å²) in [5.41, 5.74) is 2.64. The van der Waals surface area contributed by atoms with E-state index in [-0.39, 0.29) is 30.3 Å². The maximum atomic E-state index is 8.74. The van der Waals surface area contributed by atoms with Gasteiger partial charge in [0.1, 0.15) is 8.85 Å². The van der Waals surface area contributed by atoms with E-state index in [0.29, 0.717) is 12.1 Å². The zero-order valence-corrected chi connectivity index (χ0v) is 17.4. The number of fused-ring (bicyclic) bond motifs is 1. The molecule has 3 aromatic carbocycles. The Morgan fingerprint density at radius 2 is 1.68 bits per heavy atom. The lowest BCUT2D eigenvalue weighted by atomic mass is 10.00. The Bertz CT molecular complexity index is 1100. The van der Waals surface area contributed by atoms with Gasteiger partial charge >= 0.3 is 0 Å². The van der Waals surface area contributed by atoms with E-state index in [1.807, 2.05) is 36.4 Å². The highest BCUT2D eigenvalue weighted by Gasteiger charge is 2.25. The topological polar surface area (TPSA) is 30.9 Å². The predicted octanol–water partition coefficient (Wildman–Crippen LogP) is 5.23. The first kappa shape index (κ1) is 15.9. The van der Waals surface area contributed by atoms with Crippen LogP contribution < -0.4 is 9.47 Å². The molecule has 2 heterocycles. The van der Waals surface area contributed by atoms with Gasteiger partial charge in [-0.25, -0.2) is 0 Å². The highest BCUT2D eigenvalue weighted by atomic mass is 16.7. The van der Waals surface area contributed by atoms with Crippen molar-refractivity contribution in [3.8, 4) is 11.5 Å². The van der Waals surface area contributed by atoms with Gasteiger partial charge in [-0.15, -0.1) is 0 Å². The highest BCUT2D eigenvalue weighted by molar-refractivity contribution is 5.44. The van der Waals surface area contributed by atoms with Crippen molar-refractivity contribution in [2.24, 2.45) is 0 Å². The third-order valence-electron chi connectivity index (χ3n) is 5.75. The monoisotopic (exact) mass is 419 g/mol. The summed E-state index contributed by atoms with van der Waals surface area (Å²) in [5.74, 6) is 0.513. The Kier molecular flexibility index (Phi) is 4.90. The Hall–Kier alpha value is -2.82. The van der Waals surface area contributed by atoms with Crippen LogP contribution in [0.5, 0.6) is 11.5 Å². The molecule has 5 rings (SSSR count). The van der Waals surface area contributed by atoms with E-state index in [4.69, 9.17) is 19.7 Å². The van der Waals surface area contributed by atoms with E-state index in [0.717, 1.165) is 30.5 Å². The van der Waals surface area contributed by atoms with Crippen molar-refractivity contribution >= 4 is 0 Å². The lowest BCUT2D eigenvalue weighted by Crippen LogP contribution is -2.41. The van der Waals surface area contributed by atoms with E-state index in [1.54, 1.807) is 18.2 Å². The molecular formula is C27H29NO3.